The van der Waals surface area contributed by atoms with Crippen molar-refractivity contribution in [3.8, 4) is 0 Å². The van der Waals surface area contributed by atoms with Crippen molar-refractivity contribution in [1.82, 2.24) is 19.1 Å². The Morgan fingerprint density at radius 2 is 1.96 bits per heavy atom. The van der Waals surface area contributed by atoms with Crippen molar-refractivity contribution >= 4 is 10.0 Å². The number of hydrogen-bond acceptors (Lipinski definition) is 4. The highest BCUT2D eigenvalue weighted by molar-refractivity contribution is 7.89. The van der Waals surface area contributed by atoms with Crippen molar-refractivity contribution in [1.29, 1.82) is 0 Å². The second kappa shape index (κ2) is 5.88. The van der Waals surface area contributed by atoms with Gasteiger partial charge < -0.3 is 4.57 Å². The summed E-state index contributed by atoms with van der Waals surface area (Å²) in [4.78, 5) is 0.446. The van der Waals surface area contributed by atoms with E-state index in [4.69, 9.17) is 0 Å². The molecule has 1 atom stereocenters. The Morgan fingerprint density at radius 3 is 2.63 bits per heavy atom. The van der Waals surface area contributed by atoms with Gasteiger partial charge in [-0.2, -0.15) is 4.31 Å². The maximum atomic E-state index is 13.5. The lowest BCUT2D eigenvalue weighted by molar-refractivity contribution is 0.125. The Labute approximate surface area is 160 Å². The van der Waals surface area contributed by atoms with Crippen LogP contribution in [0.1, 0.15) is 61.0 Å². The van der Waals surface area contributed by atoms with Gasteiger partial charge in [-0.15, -0.1) is 10.2 Å². The Bertz CT molecular complexity index is 989. The van der Waals surface area contributed by atoms with Crippen LogP contribution in [-0.2, 0) is 10.0 Å². The van der Waals surface area contributed by atoms with Crippen molar-refractivity contribution in [3.05, 3.63) is 41.5 Å². The van der Waals surface area contributed by atoms with E-state index in [1.54, 1.807) is 10.4 Å². The van der Waals surface area contributed by atoms with Gasteiger partial charge >= 0.3 is 0 Å². The maximum Gasteiger partial charge on any atom is 0.243 e. The highest BCUT2D eigenvalue weighted by Crippen LogP contribution is 2.57. The van der Waals surface area contributed by atoms with E-state index >= 15 is 0 Å². The Morgan fingerprint density at radius 1 is 1.19 bits per heavy atom. The monoisotopic (exact) mass is 386 g/mol. The summed E-state index contributed by atoms with van der Waals surface area (Å²) in [6.07, 6.45) is 7.51. The zero-order valence-electron chi connectivity index (χ0n) is 15.9. The van der Waals surface area contributed by atoms with Gasteiger partial charge in [0.25, 0.3) is 0 Å². The maximum absolute atomic E-state index is 13.5. The molecular formula is C20H26N4O2S. The molecule has 0 bridgehead atoms. The molecule has 27 heavy (non-hydrogen) atoms. The fraction of sp³-hybridized carbons (Fsp3) is 0.600. The van der Waals surface area contributed by atoms with Crippen LogP contribution in [0.3, 0.4) is 0 Å². The first-order valence-electron chi connectivity index (χ1n) is 9.88. The first-order chi connectivity index (χ1) is 12.9. The Hall–Kier alpha value is -1.73. The zero-order chi connectivity index (χ0) is 18.8. The summed E-state index contributed by atoms with van der Waals surface area (Å²) in [5, 5.41) is 8.62. The summed E-state index contributed by atoms with van der Waals surface area (Å²) in [6.45, 7) is 4.94. The van der Waals surface area contributed by atoms with Crippen LogP contribution in [-0.4, -0.2) is 40.6 Å². The van der Waals surface area contributed by atoms with Crippen molar-refractivity contribution in [2.45, 2.75) is 62.8 Å². The molecule has 0 radical (unpaired) electrons. The largest absolute Gasteiger partial charge is 0.314 e. The van der Waals surface area contributed by atoms with Crippen molar-refractivity contribution in [2.75, 3.05) is 13.1 Å². The average molecular weight is 387 g/mol. The predicted molar refractivity (Wildman–Crippen MR) is 102 cm³/mol. The summed E-state index contributed by atoms with van der Waals surface area (Å²) < 4.78 is 30.8. The summed E-state index contributed by atoms with van der Waals surface area (Å²) in [5.41, 5.74) is 1.82. The number of nitrogens with zero attached hydrogens (tertiary/aromatic N) is 4. The molecule has 2 aromatic rings. The molecule has 0 amide bonds. The quantitative estimate of drug-likeness (QED) is 0.809. The van der Waals surface area contributed by atoms with Crippen LogP contribution in [0.2, 0.25) is 0 Å². The van der Waals surface area contributed by atoms with E-state index in [1.165, 1.54) is 19.3 Å². The molecule has 1 aromatic heterocycles. The number of sulfonamides is 1. The fourth-order valence-electron chi connectivity index (χ4n) is 4.86. The molecule has 2 heterocycles. The molecule has 1 saturated heterocycles. The lowest BCUT2D eigenvalue weighted by atomic mass is 9.62. The number of hydrogen-bond donors (Lipinski definition) is 0. The van der Waals surface area contributed by atoms with Crippen molar-refractivity contribution in [2.24, 2.45) is 5.41 Å². The summed E-state index contributed by atoms with van der Waals surface area (Å²) in [6, 6.07) is 6.18. The van der Waals surface area contributed by atoms with Crippen LogP contribution < -0.4 is 0 Å². The third-order valence-electron chi connectivity index (χ3n) is 6.78. The minimum absolute atomic E-state index is 0.0322. The lowest BCUT2D eigenvalue weighted by Gasteiger charge is -2.42. The van der Waals surface area contributed by atoms with Gasteiger partial charge in [-0.05, 0) is 62.1 Å². The SMILES string of the molecule is Cc1ccc(C)c(S(=O)(=O)N2CC(c3nncn3C3CC3)C3(CCC3)C2)c1. The average Bonchev–Trinajstić information content (AvgIpc) is 3.18. The molecule has 2 aliphatic carbocycles. The molecule has 1 aliphatic heterocycles. The molecule has 3 aliphatic rings. The molecule has 1 aromatic carbocycles. The van der Waals surface area contributed by atoms with Gasteiger partial charge in [0.15, 0.2) is 0 Å². The van der Waals surface area contributed by atoms with E-state index in [2.05, 4.69) is 14.8 Å². The second-order valence-corrected chi connectivity index (χ2v) is 10.6. The van der Waals surface area contributed by atoms with Gasteiger partial charge in [0, 0.05) is 25.0 Å². The number of aromatic nitrogens is 3. The topological polar surface area (TPSA) is 68.1 Å². The van der Waals surface area contributed by atoms with Gasteiger partial charge in [-0.1, -0.05) is 18.6 Å². The van der Waals surface area contributed by atoms with Crippen molar-refractivity contribution < 1.29 is 8.42 Å². The van der Waals surface area contributed by atoms with E-state index in [0.717, 1.165) is 29.8 Å². The minimum atomic E-state index is -3.50. The van der Waals surface area contributed by atoms with Gasteiger partial charge in [0.1, 0.15) is 12.2 Å². The molecule has 7 heteroatoms. The molecular weight excluding hydrogens is 360 g/mol. The molecule has 1 spiro atoms. The van der Waals surface area contributed by atoms with E-state index in [9.17, 15) is 8.42 Å². The van der Waals surface area contributed by atoms with Gasteiger partial charge in [0.05, 0.1) is 4.90 Å². The molecule has 3 fully saturated rings. The van der Waals surface area contributed by atoms with Crippen LogP contribution in [0.4, 0.5) is 0 Å². The van der Waals surface area contributed by atoms with Crippen LogP contribution in [0, 0.1) is 19.3 Å². The lowest BCUT2D eigenvalue weighted by Crippen LogP contribution is -2.38. The van der Waals surface area contributed by atoms with Crippen LogP contribution >= 0.6 is 0 Å². The highest BCUT2D eigenvalue weighted by atomic mass is 32.2. The first kappa shape index (κ1) is 17.4. The molecule has 144 valence electrons. The highest BCUT2D eigenvalue weighted by Gasteiger charge is 2.55. The molecule has 2 saturated carbocycles. The van der Waals surface area contributed by atoms with E-state index in [0.29, 0.717) is 24.0 Å². The fourth-order valence-corrected chi connectivity index (χ4v) is 6.72. The molecule has 6 nitrogen and oxygen atoms in total. The standard InChI is InChI=1S/C20H26N4O2S/c1-14-4-5-15(2)18(10-14)27(25,26)23-11-17(20(12-23)8-3-9-20)19-22-21-13-24(19)16-6-7-16/h4-5,10,13,16-17H,3,6-9,11-12H2,1-2H3. The van der Waals surface area contributed by atoms with E-state index in [1.807, 2.05) is 32.3 Å². The number of aryl methyl sites for hydroxylation is 2. The first-order valence-corrected chi connectivity index (χ1v) is 11.3. The number of benzene rings is 1. The third-order valence-corrected chi connectivity index (χ3v) is 8.73. The predicted octanol–water partition coefficient (Wildman–Crippen LogP) is 3.19. The van der Waals surface area contributed by atoms with E-state index < -0.39 is 10.0 Å². The Kier molecular flexibility index (Phi) is 3.78. The molecule has 1 unspecified atom stereocenters. The van der Waals surface area contributed by atoms with Crippen LogP contribution in [0.25, 0.3) is 0 Å². The third kappa shape index (κ3) is 2.66. The summed E-state index contributed by atoms with van der Waals surface area (Å²) >= 11 is 0. The minimum Gasteiger partial charge on any atom is -0.314 e. The second-order valence-electron chi connectivity index (χ2n) is 8.66. The van der Waals surface area contributed by atoms with Crippen LogP contribution in [0.15, 0.2) is 29.4 Å². The van der Waals surface area contributed by atoms with Gasteiger partial charge in [-0.25, -0.2) is 8.42 Å². The summed E-state index contributed by atoms with van der Waals surface area (Å²) in [7, 11) is -3.50. The Balaban J connectivity index is 1.52. The number of rotatable bonds is 4. The smallest absolute Gasteiger partial charge is 0.243 e. The van der Waals surface area contributed by atoms with Gasteiger partial charge in [0.2, 0.25) is 10.0 Å². The summed E-state index contributed by atoms with van der Waals surface area (Å²) in [5.74, 6) is 1.14. The van der Waals surface area contributed by atoms with E-state index in [-0.39, 0.29) is 11.3 Å². The molecule has 5 rings (SSSR count). The van der Waals surface area contributed by atoms with Gasteiger partial charge in [-0.3, -0.25) is 0 Å². The molecule has 0 N–H and O–H groups in total. The zero-order valence-corrected chi connectivity index (χ0v) is 16.7. The van der Waals surface area contributed by atoms with Crippen LogP contribution in [0.5, 0.6) is 0 Å². The normalized spacial score (nSPS) is 25.0. The van der Waals surface area contributed by atoms with Crippen molar-refractivity contribution in [3.63, 3.8) is 0 Å².